The summed E-state index contributed by atoms with van der Waals surface area (Å²) < 4.78 is 4.74. The van der Waals surface area contributed by atoms with Gasteiger partial charge in [-0.1, -0.05) is 0 Å². The zero-order valence-electron chi connectivity index (χ0n) is 9.00. The maximum atomic E-state index is 11.2. The molecular formula is C9H14O7. The molecule has 0 spiro atoms. The lowest BCUT2D eigenvalue weighted by atomic mass is 10.0. The fourth-order valence-electron chi connectivity index (χ4n) is 1.04. The lowest BCUT2D eigenvalue weighted by Crippen LogP contribution is -2.25. The second-order valence-corrected chi connectivity index (χ2v) is 3.45. The van der Waals surface area contributed by atoms with E-state index in [0.717, 1.165) is 0 Å². The second kappa shape index (κ2) is 6.78. The van der Waals surface area contributed by atoms with E-state index >= 15 is 0 Å². The van der Waals surface area contributed by atoms with Crippen LogP contribution in [0.25, 0.3) is 0 Å². The van der Waals surface area contributed by atoms with Crippen molar-refractivity contribution >= 4 is 17.9 Å². The van der Waals surface area contributed by atoms with Crippen molar-refractivity contribution in [1.82, 2.24) is 0 Å². The standard InChI is InChI=1S/C9H14O7/c1-5(2)15-8(12)4-6(3-7(10)11)9(13)16-14/h5-6,14H,3-4H2,1-2H3,(H,10,11). The van der Waals surface area contributed by atoms with E-state index < -0.39 is 36.7 Å². The van der Waals surface area contributed by atoms with Crippen LogP contribution < -0.4 is 0 Å². The highest BCUT2D eigenvalue weighted by Crippen LogP contribution is 2.12. The van der Waals surface area contributed by atoms with E-state index in [9.17, 15) is 14.4 Å². The molecule has 0 rings (SSSR count). The third kappa shape index (κ3) is 5.97. The molecule has 0 aliphatic heterocycles. The number of ether oxygens (including phenoxy) is 1. The summed E-state index contributed by atoms with van der Waals surface area (Å²) >= 11 is 0. The van der Waals surface area contributed by atoms with Crippen molar-refractivity contribution in [3.8, 4) is 0 Å². The van der Waals surface area contributed by atoms with Crippen LogP contribution in [0, 0.1) is 5.92 Å². The highest BCUT2D eigenvalue weighted by atomic mass is 17.1. The molecule has 7 heteroatoms. The molecule has 0 radical (unpaired) electrons. The first-order chi connectivity index (χ1) is 7.36. The lowest BCUT2D eigenvalue weighted by Gasteiger charge is -2.12. The Morgan fingerprint density at radius 1 is 1.19 bits per heavy atom. The second-order valence-electron chi connectivity index (χ2n) is 3.45. The summed E-state index contributed by atoms with van der Waals surface area (Å²) in [5.41, 5.74) is 0. The number of esters is 1. The minimum absolute atomic E-state index is 0.358. The summed E-state index contributed by atoms with van der Waals surface area (Å²) in [6.45, 7) is 3.24. The van der Waals surface area contributed by atoms with Crippen LogP contribution in [0.5, 0.6) is 0 Å². The molecule has 0 saturated heterocycles. The molecule has 0 heterocycles. The number of carboxylic acids is 1. The molecule has 0 aromatic carbocycles. The van der Waals surface area contributed by atoms with Gasteiger partial charge in [-0.15, -0.1) is 0 Å². The van der Waals surface area contributed by atoms with E-state index in [1.807, 2.05) is 0 Å². The van der Waals surface area contributed by atoms with Crippen LogP contribution in [0.3, 0.4) is 0 Å². The number of carbonyl (C=O) groups is 3. The van der Waals surface area contributed by atoms with Crippen molar-refractivity contribution < 1.29 is 34.4 Å². The zero-order valence-corrected chi connectivity index (χ0v) is 9.00. The van der Waals surface area contributed by atoms with E-state index in [2.05, 4.69) is 4.89 Å². The summed E-state index contributed by atoms with van der Waals surface area (Å²) in [5, 5.41) is 16.6. The first-order valence-electron chi connectivity index (χ1n) is 4.63. The van der Waals surface area contributed by atoms with Crippen LogP contribution in [-0.4, -0.2) is 34.4 Å². The Labute approximate surface area is 91.9 Å². The number of hydrogen-bond acceptors (Lipinski definition) is 6. The summed E-state index contributed by atoms with van der Waals surface area (Å²) in [6, 6.07) is 0. The van der Waals surface area contributed by atoms with Gasteiger partial charge in [0.2, 0.25) is 0 Å². The average molecular weight is 234 g/mol. The van der Waals surface area contributed by atoms with Gasteiger partial charge in [0.1, 0.15) is 0 Å². The van der Waals surface area contributed by atoms with Gasteiger partial charge in [0.15, 0.2) is 0 Å². The van der Waals surface area contributed by atoms with Gasteiger partial charge in [-0.05, 0) is 13.8 Å². The summed E-state index contributed by atoms with van der Waals surface area (Å²) in [4.78, 5) is 35.9. The third-order valence-corrected chi connectivity index (χ3v) is 1.62. The van der Waals surface area contributed by atoms with Crippen molar-refractivity contribution in [2.75, 3.05) is 0 Å². The van der Waals surface area contributed by atoms with Crippen molar-refractivity contribution in [2.24, 2.45) is 5.92 Å². The molecule has 0 fully saturated rings. The molecule has 7 nitrogen and oxygen atoms in total. The van der Waals surface area contributed by atoms with Gasteiger partial charge in [0.05, 0.1) is 24.9 Å². The largest absolute Gasteiger partial charge is 0.481 e. The maximum absolute atomic E-state index is 11.2. The Balaban J connectivity index is 4.36. The Hall–Kier alpha value is -1.63. The van der Waals surface area contributed by atoms with E-state index in [1.54, 1.807) is 13.8 Å². The summed E-state index contributed by atoms with van der Waals surface area (Å²) in [7, 11) is 0. The highest BCUT2D eigenvalue weighted by molar-refractivity contribution is 5.83. The molecule has 1 unspecified atom stereocenters. The van der Waals surface area contributed by atoms with E-state index in [-0.39, 0.29) is 6.10 Å². The van der Waals surface area contributed by atoms with Gasteiger partial charge < -0.3 is 14.7 Å². The van der Waals surface area contributed by atoms with E-state index in [1.165, 1.54) is 0 Å². The summed E-state index contributed by atoms with van der Waals surface area (Å²) in [5.74, 6) is -4.39. The molecule has 0 aliphatic rings. The van der Waals surface area contributed by atoms with E-state index in [0.29, 0.717) is 0 Å². The number of hydrogen-bond donors (Lipinski definition) is 2. The first kappa shape index (κ1) is 14.4. The maximum Gasteiger partial charge on any atom is 0.346 e. The quantitative estimate of drug-likeness (QED) is 0.389. The Kier molecular flexibility index (Phi) is 6.09. The highest BCUT2D eigenvalue weighted by Gasteiger charge is 2.27. The third-order valence-electron chi connectivity index (χ3n) is 1.62. The van der Waals surface area contributed by atoms with Crippen LogP contribution in [-0.2, 0) is 24.0 Å². The summed E-state index contributed by atoms with van der Waals surface area (Å²) in [6.07, 6.45) is -1.40. The van der Waals surface area contributed by atoms with Gasteiger partial charge in [0.25, 0.3) is 0 Å². The van der Waals surface area contributed by atoms with Crippen molar-refractivity contribution in [3.05, 3.63) is 0 Å². The van der Waals surface area contributed by atoms with Gasteiger partial charge in [0, 0.05) is 0 Å². The zero-order chi connectivity index (χ0) is 12.7. The molecular weight excluding hydrogens is 220 g/mol. The first-order valence-corrected chi connectivity index (χ1v) is 4.63. The smallest absolute Gasteiger partial charge is 0.346 e. The predicted octanol–water partition coefficient (Wildman–Crippen LogP) is 0.435. The van der Waals surface area contributed by atoms with Crippen LogP contribution in [0.15, 0.2) is 0 Å². The number of carbonyl (C=O) groups excluding carboxylic acids is 2. The number of aliphatic carboxylic acids is 1. The number of carboxylic acid groups (broad SMARTS) is 1. The fraction of sp³-hybridized carbons (Fsp3) is 0.667. The Bertz CT molecular complexity index is 271. The van der Waals surface area contributed by atoms with Crippen LogP contribution in [0.4, 0.5) is 0 Å². The number of rotatable bonds is 6. The molecule has 0 amide bonds. The minimum Gasteiger partial charge on any atom is -0.481 e. The topological polar surface area (TPSA) is 110 Å². The van der Waals surface area contributed by atoms with E-state index in [4.69, 9.17) is 15.1 Å². The Morgan fingerprint density at radius 3 is 2.12 bits per heavy atom. The monoisotopic (exact) mass is 234 g/mol. The van der Waals surface area contributed by atoms with Crippen molar-refractivity contribution in [2.45, 2.75) is 32.8 Å². The fourth-order valence-corrected chi connectivity index (χ4v) is 1.04. The molecule has 0 aromatic heterocycles. The predicted molar refractivity (Wildman–Crippen MR) is 50.3 cm³/mol. The molecule has 2 N–H and O–H groups in total. The minimum atomic E-state index is -1.27. The molecule has 0 aliphatic carbocycles. The lowest BCUT2D eigenvalue weighted by molar-refractivity contribution is -0.239. The molecule has 1 atom stereocenters. The normalized spacial score (nSPS) is 12.0. The van der Waals surface area contributed by atoms with Gasteiger partial charge >= 0.3 is 17.9 Å². The molecule has 16 heavy (non-hydrogen) atoms. The van der Waals surface area contributed by atoms with Crippen LogP contribution in [0.2, 0.25) is 0 Å². The van der Waals surface area contributed by atoms with Gasteiger partial charge in [-0.25, -0.2) is 4.79 Å². The van der Waals surface area contributed by atoms with Crippen LogP contribution in [0.1, 0.15) is 26.7 Å². The average Bonchev–Trinajstić information content (AvgIpc) is 2.13. The van der Waals surface area contributed by atoms with Crippen LogP contribution >= 0.6 is 0 Å². The molecule has 0 aromatic rings. The SMILES string of the molecule is CC(C)OC(=O)CC(CC(=O)O)C(=O)OO. The molecule has 0 bridgehead atoms. The molecule has 92 valence electrons. The van der Waals surface area contributed by atoms with Gasteiger partial charge in [-0.2, -0.15) is 5.26 Å². The van der Waals surface area contributed by atoms with Crippen molar-refractivity contribution in [3.63, 3.8) is 0 Å². The van der Waals surface area contributed by atoms with Gasteiger partial charge in [-0.3, -0.25) is 9.59 Å². The Morgan fingerprint density at radius 2 is 1.75 bits per heavy atom. The van der Waals surface area contributed by atoms with Crippen molar-refractivity contribution in [1.29, 1.82) is 0 Å². The molecule has 0 saturated carbocycles.